The third kappa shape index (κ3) is 6.75. The van der Waals surface area contributed by atoms with Crippen molar-refractivity contribution >= 4 is 52.3 Å². The van der Waals surface area contributed by atoms with Gasteiger partial charge in [0.25, 0.3) is 0 Å². The quantitative estimate of drug-likeness (QED) is 0.136. The van der Waals surface area contributed by atoms with E-state index in [0.717, 1.165) is 63.2 Å². The standard InChI is InChI=1S/C33H38N4O2/c1-3-5-6-7-8-9-10-11-27-29-16-12-23(34-29)20-25-14-18-31(36-25)28(22-33(38)39-4-2)32-19-15-26(37-32)21-24-13-17-30(27)35-24/h12-21,34-35H,3-11,22H2,1-2H3. The van der Waals surface area contributed by atoms with Crippen molar-refractivity contribution < 1.29 is 9.53 Å². The first-order valence-corrected chi connectivity index (χ1v) is 14.4. The molecular formula is C33H38N4O2. The Hall–Kier alpha value is -3.93. The summed E-state index contributed by atoms with van der Waals surface area (Å²) in [6.07, 6.45) is 18.0. The maximum atomic E-state index is 12.4. The maximum Gasteiger partial charge on any atom is 0.310 e. The number of esters is 1. The summed E-state index contributed by atoms with van der Waals surface area (Å²) in [6, 6.07) is 12.6. The number of rotatable bonds is 11. The van der Waals surface area contributed by atoms with Gasteiger partial charge < -0.3 is 14.7 Å². The van der Waals surface area contributed by atoms with Crippen LogP contribution >= 0.6 is 0 Å². The van der Waals surface area contributed by atoms with E-state index in [0.29, 0.717) is 6.61 Å². The zero-order valence-electron chi connectivity index (χ0n) is 23.1. The number of nitrogens with zero attached hydrogens (tertiary/aromatic N) is 2. The summed E-state index contributed by atoms with van der Waals surface area (Å²) in [5.41, 5.74) is 9.47. The molecule has 3 aromatic rings. The second-order valence-corrected chi connectivity index (χ2v) is 10.3. The lowest BCUT2D eigenvalue weighted by Gasteiger charge is -2.04. The van der Waals surface area contributed by atoms with Crippen molar-refractivity contribution in [2.45, 2.75) is 71.6 Å². The summed E-state index contributed by atoms with van der Waals surface area (Å²) in [7, 11) is 0. The molecule has 0 saturated heterocycles. The SMILES string of the molecule is CCCCCCCCCc1c2ccc(cc3nc(c(CC(=O)OCC)c4nc(cc5ccc1[nH]5)C=C4)C=C3)[nH]2. The van der Waals surface area contributed by atoms with Gasteiger partial charge in [-0.25, -0.2) is 9.97 Å². The minimum atomic E-state index is -0.281. The Balaban J connectivity index is 1.57. The molecule has 0 amide bonds. The second kappa shape index (κ2) is 12.7. The molecule has 0 spiro atoms. The van der Waals surface area contributed by atoms with Crippen LogP contribution in [0.15, 0.2) is 36.4 Å². The molecule has 0 aromatic carbocycles. The highest BCUT2D eigenvalue weighted by Crippen LogP contribution is 2.24. The van der Waals surface area contributed by atoms with Gasteiger partial charge in [0.05, 0.1) is 35.8 Å². The summed E-state index contributed by atoms with van der Waals surface area (Å²) in [5.74, 6) is -0.281. The number of carbonyl (C=O) groups is 1. The van der Waals surface area contributed by atoms with Gasteiger partial charge >= 0.3 is 5.97 Å². The average molecular weight is 523 g/mol. The molecule has 2 N–H and O–H groups in total. The Labute approximate surface area is 230 Å². The molecule has 2 aliphatic rings. The van der Waals surface area contributed by atoms with E-state index in [1.54, 1.807) is 0 Å². The van der Waals surface area contributed by atoms with Crippen molar-refractivity contribution in [2.75, 3.05) is 6.61 Å². The minimum absolute atomic E-state index is 0.122. The Morgan fingerprint density at radius 3 is 1.85 bits per heavy atom. The fraction of sp³-hybridized carbons (Fsp3) is 0.364. The molecule has 3 aromatic heterocycles. The highest BCUT2D eigenvalue weighted by Gasteiger charge is 2.16. The van der Waals surface area contributed by atoms with E-state index in [1.807, 2.05) is 43.4 Å². The summed E-state index contributed by atoms with van der Waals surface area (Å²) >= 11 is 0. The van der Waals surface area contributed by atoms with Gasteiger partial charge in [0.1, 0.15) is 0 Å². The van der Waals surface area contributed by atoms with E-state index in [1.165, 1.54) is 44.1 Å². The van der Waals surface area contributed by atoms with E-state index in [-0.39, 0.29) is 12.4 Å². The van der Waals surface area contributed by atoms with Crippen LogP contribution in [0.2, 0.25) is 0 Å². The number of aromatic amines is 2. The zero-order chi connectivity index (χ0) is 27.0. The van der Waals surface area contributed by atoms with Crippen molar-refractivity contribution in [3.63, 3.8) is 0 Å². The first-order chi connectivity index (χ1) is 19.1. The van der Waals surface area contributed by atoms with E-state index >= 15 is 0 Å². The van der Waals surface area contributed by atoms with Gasteiger partial charge in [0.2, 0.25) is 0 Å². The number of aromatic nitrogens is 4. The molecule has 6 nitrogen and oxygen atoms in total. The van der Waals surface area contributed by atoms with Crippen LogP contribution in [0.4, 0.5) is 0 Å². The number of aryl methyl sites for hydroxylation is 1. The van der Waals surface area contributed by atoms with Crippen LogP contribution in [-0.4, -0.2) is 32.5 Å². The molecular weight excluding hydrogens is 484 g/mol. The van der Waals surface area contributed by atoms with Gasteiger partial charge in [-0.2, -0.15) is 0 Å². The van der Waals surface area contributed by atoms with Gasteiger partial charge in [0, 0.05) is 27.6 Å². The van der Waals surface area contributed by atoms with Gasteiger partial charge in [-0.3, -0.25) is 4.79 Å². The van der Waals surface area contributed by atoms with E-state index in [9.17, 15) is 4.79 Å². The van der Waals surface area contributed by atoms with Gasteiger partial charge in [0.15, 0.2) is 0 Å². The number of unbranched alkanes of at least 4 members (excludes halogenated alkanes) is 6. The van der Waals surface area contributed by atoms with Crippen molar-refractivity contribution in [1.29, 1.82) is 0 Å². The largest absolute Gasteiger partial charge is 0.466 e. The van der Waals surface area contributed by atoms with Crippen molar-refractivity contribution in [3.05, 3.63) is 70.3 Å². The van der Waals surface area contributed by atoms with Crippen LogP contribution in [0.25, 0.3) is 46.4 Å². The van der Waals surface area contributed by atoms with Gasteiger partial charge in [-0.05, 0) is 86.0 Å². The van der Waals surface area contributed by atoms with Gasteiger partial charge in [-0.15, -0.1) is 0 Å². The van der Waals surface area contributed by atoms with Crippen LogP contribution in [-0.2, 0) is 22.4 Å². The highest BCUT2D eigenvalue weighted by atomic mass is 16.5. The Morgan fingerprint density at radius 2 is 1.28 bits per heavy atom. The van der Waals surface area contributed by atoms with Crippen molar-refractivity contribution in [3.8, 4) is 0 Å². The van der Waals surface area contributed by atoms with Gasteiger partial charge in [-0.1, -0.05) is 45.4 Å². The maximum absolute atomic E-state index is 12.4. The molecule has 0 radical (unpaired) electrons. The number of hydrogen-bond donors (Lipinski definition) is 2. The third-order valence-electron chi connectivity index (χ3n) is 7.27. The number of H-pyrrole nitrogens is 2. The molecule has 0 unspecified atom stereocenters. The molecule has 8 bridgehead atoms. The molecule has 0 saturated carbocycles. The Morgan fingerprint density at radius 1 is 0.718 bits per heavy atom. The first-order valence-electron chi connectivity index (χ1n) is 14.4. The summed E-state index contributed by atoms with van der Waals surface area (Å²) in [5, 5.41) is 0. The number of carbonyl (C=O) groups excluding carboxylic acids is 1. The predicted octanol–water partition coefficient (Wildman–Crippen LogP) is 8.05. The van der Waals surface area contributed by atoms with Crippen LogP contribution < -0.4 is 0 Å². The number of ether oxygens (including phenoxy) is 1. The number of nitrogens with one attached hydrogen (secondary N) is 2. The molecule has 5 heterocycles. The zero-order valence-corrected chi connectivity index (χ0v) is 23.1. The van der Waals surface area contributed by atoms with Crippen molar-refractivity contribution in [2.24, 2.45) is 0 Å². The Bertz CT molecular complexity index is 1450. The van der Waals surface area contributed by atoms with E-state index in [2.05, 4.69) is 41.2 Å². The third-order valence-corrected chi connectivity index (χ3v) is 7.27. The molecule has 5 rings (SSSR count). The smallest absolute Gasteiger partial charge is 0.310 e. The van der Waals surface area contributed by atoms with E-state index in [4.69, 9.17) is 14.7 Å². The molecule has 0 aliphatic carbocycles. The number of fused-ring (bicyclic) bond motifs is 8. The summed E-state index contributed by atoms with van der Waals surface area (Å²) in [4.78, 5) is 29.3. The van der Waals surface area contributed by atoms with Crippen LogP contribution in [0, 0.1) is 0 Å². The molecule has 0 fully saturated rings. The molecule has 0 atom stereocenters. The predicted molar refractivity (Wildman–Crippen MR) is 161 cm³/mol. The van der Waals surface area contributed by atoms with Crippen LogP contribution in [0.1, 0.15) is 92.7 Å². The lowest BCUT2D eigenvalue weighted by molar-refractivity contribution is -0.142. The molecule has 2 aliphatic heterocycles. The molecule has 202 valence electrons. The minimum Gasteiger partial charge on any atom is -0.466 e. The fourth-order valence-electron chi connectivity index (χ4n) is 5.26. The summed E-state index contributed by atoms with van der Waals surface area (Å²) in [6.45, 7) is 4.42. The fourth-order valence-corrected chi connectivity index (χ4v) is 5.26. The molecule has 39 heavy (non-hydrogen) atoms. The normalized spacial score (nSPS) is 12.3. The average Bonchev–Trinajstić information content (AvgIpc) is 3.73. The van der Waals surface area contributed by atoms with E-state index < -0.39 is 0 Å². The molecule has 6 heteroatoms. The second-order valence-electron chi connectivity index (χ2n) is 10.3. The lowest BCUT2D eigenvalue weighted by atomic mass is 10.0. The summed E-state index contributed by atoms with van der Waals surface area (Å²) < 4.78 is 5.24. The van der Waals surface area contributed by atoms with Crippen LogP contribution in [0.3, 0.4) is 0 Å². The first kappa shape index (κ1) is 26.7. The van der Waals surface area contributed by atoms with Crippen LogP contribution in [0.5, 0.6) is 0 Å². The monoisotopic (exact) mass is 522 g/mol. The highest BCUT2D eigenvalue weighted by molar-refractivity contribution is 5.83. The topological polar surface area (TPSA) is 83.7 Å². The Kier molecular flexibility index (Phi) is 8.71. The number of hydrogen-bond acceptors (Lipinski definition) is 4. The van der Waals surface area contributed by atoms with Crippen molar-refractivity contribution in [1.82, 2.24) is 19.9 Å². The lowest BCUT2D eigenvalue weighted by Crippen LogP contribution is -2.09.